The van der Waals surface area contributed by atoms with E-state index in [1.807, 2.05) is 72.4 Å². The van der Waals surface area contributed by atoms with E-state index >= 15 is 0 Å². The molecule has 1 aliphatic rings. The molecule has 1 amide bonds. The summed E-state index contributed by atoms with van der Waals surface area (Å²) in [6.07, 6.45) is 3.99. The highest BCUT2D eigenvalue weighted by molar-refractivity contribution is 6.30. The summed E-state index contributed by atoms with van der Waals surface area (Å²) in [5.41, 5.74) is 6.42. The molecule has 0 spiro atoms. The van der Waals surface area contributed by atoms with Crippen LogP contribution in [0.2, 0.25) is 5.02 Å². The number of amides is 1. The molecule has 33 heavy (non-hydrogen) atoms. The summed E-state index contributed by atoms with van der Waals surface area (Å²) < 4.78 is 1.92. The highest BCUT2D eigenvalue weighted by Gasteiger charge is 2.24. The minimum absolute atomic E-state index is 0.0379. The number of carbonyl (C=O) groups is 1. The van der Waals surface area contributed by atoms with Crippen molar-refractivity contribution in [1.29, 1.82) is 0 Å². The van der Waals surface area contributed by atoms with Crippen molar-refractivity contribution in [1.82, 2.24) is 20.1 Å². The zero-order valence-electron chi connectivity index (χ0n) is 18.0. The number of fused-ring (bicyclic) bond motifs is 3. The third-order valence-electron chi connectivity index (χ3n) is 6.13. The molecule has 6 rings (SSSR count). The fourth-order valence-corrected chi connectivity index (χ4v) is 4.34. The third kappa shape index (κ3) is 3.64. The molecule has 1 saturated carbocycles. The number of aryl methyl sites for hydroxylation is 1. The van der Waals surface area contributed by atoms with Crippen molar-refractivity contribution in [3.63, 3.8) is 0 Å². The van der Waals surface area contributed by atoms with Crippen LogP contribution in [0.4, 0.5) is 0 Å². The standard InChI is InChI=1S/C27H21ClN4O/c1-16-24-15-29-25-12-7-18(17-5-8-20(28)9-6-17)14-23(25)26(24)32(31-16)22-4-2-3-19(13-22)27(33)30-21-10-11-21/h2-9,12-15,21H,10-11H2,1H3,(H,30,33). The number of nitrogens with one attached hydrogen (secondary N) is 1. The first-order valence-electron chi connectivity index (χ1n) is 11.0. The number of halogens is 1. The Bertz CT molecular complexity index is 1530. The zero-order valence-corrected chi connectivity index (χ0v) is 18.8. The minimum Gasteiger partial charge on any atom is -0.349 e. The van der Waals surface area contributed by atoms with Gasteiger partial charge < -0.3 is 5.32 Å². The second kappa shape index (κ2) is 7.71. The van der Waals surface area contributed by atoms with Gasteiger partial charge in [0.05, 0.1) is 22.4 Å². The van der Waals surface area contributed by atoms with E-state index in [1.54, 1.807) is 0 Å². The van der Waals surface area contributed by atoms with Crippen molar-refractivity contribution in [2.45, 2.75) is 25.8 Å². The van der Waals surface area contributed by atoms with Crippen LogP contribution < -0.4 is 5.32 Å². The molecule has 0 unspecified atom stereocenters. The number of aromatic nitrogens is 3. The summed E-state index contributed by atoms with van der Waals surface area (Å²) in [5.74, 6) is -0.0379. The van der Waals surface area contributed by atoms with Gasteiger partial charge in [-0.15, -0.1) is 0 Å². The predicted molar refractivity (Wildman–Crippen MR) is 132 cm³/mol. The van der Waals surface area contributed by atoms with E-state index in [4.69, 9.17) is 16.7 Å². The monoisotopic (exact) mass is 452 g/mol. The summed E-state index contributed by atoms with van der Waals surface area (Å²) in [6, 6.07) is 22.0. The summed E-state index contributed by atoms with van der Waals surface area (Å²) >= 11 is 6.08. The third-order valence-corrected chi connectivity index (χ3v) is 6.39. The maximum atomic E-state index is 12.6. The van der Waals surface area contributed by atoms with Gasteiger partial charge in [0.1, 0.15) is 0 Å². The van der Waals surface area contributed by atoms with Gasteiger partial charge in [0.25, 0.3) is 5.91 Å². The van der Waals surface area contributed by atoms with Crippen LogP contribution in [0.5, 0.6) is 0 Å². The van der Waals surface area contributed by atoms with Gasteiger partial charge >= 0.3 is 0 Å². The average molecular weight is 453 g/mol. The van der Waals surface area contributed by atoms with E-state index in [0.29, 0.717) is 16.6 Å². The Balaban J connectivity index is 1.53. The summed E-state index contributed by atoms with van der Waals surface area (Å²) in [6.45, 7) is 1.99. The Morgan fingerprint density at radius 2 is 1.79 bits per heavy atom. The maximum Gasteiger partial charge on any atom is 0.251 e. The molecule has 0 atom stereocenters. The molecular weight excluding hydrogens is 432 g/mol. The second-order valence-electron chi connectivity index (χ2n) is 8.55. The van der Waals surface area contributed by atoms with Gasteiger partial charge in [0.2, 0.25) is 0 Å². The topological polar surface area (TPSA) is 59.8 Å². The summed E-state index contributed by atoms with van der Waals surface area (Å²) in [7, 11) is 0. The highest BCUT2D eigenvalue weighted by atomic mass is 35.5. The Labute approximate surface area is 196 Å². The second-order valence-corrected chi connectivity index (χ2v) is 8.99. The molecule has 0 bridgehead atoms. The molecule has 2 aromatic heterocycles. The quantitative estimate of drug-likeness (QED) is 0.358. The average Bonchev–Trinajstić information content (AvgIpc) is 3.59. The Morgan fingerprint density at radius 1 is 1.00 bits per heavy atom. The molecule has 162 valence electrons. The van der Waals surface area contributed by atoms with E-state index in [0.717, 1.165) is 57.2 Å². The highest BCUT2D eigenvalue weighted by Crippen LogP contribution is 2.32. The smallest absolute Gasteiger partial charge is 0.251 e. The van der Waals surface area contributed by atoms with E-state index in [2.05, 4.69) is 22.4 Å². The fraction of sp³-hybridized carbons (Fsp3) is 0.148. The van der Waals surface area contributed by atoms with Crippen LogP contribution in [0.3, 0.4) is 0 Å². The lowest BCUT2D eigenvalue weighted by Gasteiger charge is -2.10. The lowest BCUT2D eigenvalue weighted by atomic mass is 10.0. The molecule has 3 aromatic carbocycles. The molecular formula is C27H21ClN4O. The zero-order chi connectivity index (χ0) is 22.5. The summed E-state index contributed by atoms with van der Waals surface area (Å²) in [4.78, 5) is 17.3. The van der Waals surface area contributed by atoms with Gasteiger partial charge in [-0.1, -0.05) is 35.9 Å². The Morgan fingerprint density at radius 3 is 2.58 bits per heavy atom. The molecule has 1 fully saturated rings. The van der Waals surface area contributed by atoms with Crippen LogP contribution >= 0.6 is 11.6 Å². The Hall–Kier alpha value is -3.70. The first-order valence-corrected chi connectivity index (χ1v) is 11.4. The first kappa shape index (κ1) is 19.9. The maximum absolute atomic E-state index is 12.6. The number of hydrogen-bond donors (Lipinski definition) is 1. The summed E-state index contributed by atoms with van der Waals surface area (Å²) in [5, 5.41) is 10.6. The van der Waals surface area contributed by atoms with Gasteiger partial charge in [-0.2, -0.15) is 5.10 Å². The molecule has 5 nitrogen and oxygen atoms in total. The molecule has 0 saturated heterocycles. The molecule has 5 aromatic rings. The lowest BCUT2D eigenvalue weighted by molar-refractivity contribution is 0.0951. The molecule has 2 heterocycles. The van der Waals surface area contributed by atoms with E-state index in [1.165, 1.54) is 0 Å². The van der Waals surface area contributed by atoms with Crippen LogP contribution in [-0.4, -0.2) is 26.7 Å². The number of carbonyl (C=O) groups excluding carboxylic acids is 1. The Kier molecular flexibility index (Phi) is 4.66. The minimum atomic E-state index is -0.0379. The van der Waals surface area contributed by atoms with Crippen LogP contribution in [0.1, 0.15) is 28.9 Å². The van der Waals surface area contributed by atoms with Crippen LogP contribution in [-0.2, 0) is 0 Å². The van der Waals surface area contributed by atoms with Crippen LogP contribution in [0, 0.1) is 6.92 Å². The molecule has 0 aliphatic heterocycles. The van der Waals surface area contributed by atoms with E-state index in [-0.39, 0.29) is 5.91 Å². The number of rotatable bonds is 4. The van der Waals surface area contributed by atoms with Crippen molar-refractivity contribution in [3.8, 4) is 16.8 Å². The first-order chi connectivity index (χ1) is 16.1. The van der Waals surface area contributed by atoms with Crippen molar-refractivity contribution >= 4 is 39.3 Å². The van der Waals surface area contributed by atoms with E-state index < -0.39 is 0 Å². The van der Waals surface area contributed by atoms with Gasteiger partial charge in [0.15, 0.2) is 0 Å². The number of pyridine rings is 1. The van der Waals surface area contributed by atoms with Gasteiger partial charge in [-0.05, 0) is 73.4 Å². The van der Waals surface area contributed by atoms with E-state index in [9.17, 15) is 4.79 Å². The lowest BCUT2D eigenvalue weighted by Crippen LogP contribution is -2.25. The van der Waals surface area contributed by atoms with Gasteiger partial charge in [-0.3, -0.25) is 9.78 Å². The van der Waals surface area contributed by atoms with Crippen molar-refractivity contribution in [3.05, 3.63) is 89.2 Å². The predicted octanol–water partition coefficient (Wildman–Crippen LogP) is 6.09. The molecule has 0 radical (unpaired) electrons. The van der Waals surface area contributed by atoms with Gasteiger partial charge in [-0.25, -0.2) is 4.68 Å². The molecule has 1 N–H and O–H groups in total. The van der Waals surface area contributed by atoms with Crippen LogP contribution in [0.25, 0.3) is 38.6 Å². The SMILES string of the molecule is Cc1nn(-c2cccc(C(=O)NC3CC3)c2)c2c1cnc1ccc(-c3ccc(Cl)cc3)cc12. The number of hydrogen-bond acceptors (Lipinski definition) is 3. The van der Waals surface area contributed by atoms with Gasteiger partial charge in [0, 0.05) is 33.6 Å². The van der Waals surface area contributed by atoms with Crippen molar-refractivity contribution in [2.24, 2.45) is 0 Å². The fourth-order valence-electron chi connectivity index (χ4n) is 4.21. The number of benzene rings is 3. The van der Waals surface area contributed by atoms with Crippen molar-refractivity contribution < 1.29 is 4.79 Å². The van der Waals surface area contributed by atoms with Crippen molar-refractivity contribution in [2.75, 3.05) is 0 Å². The number of nitrogens with zero attached hydrogens (tertiary/aromatic N) is 3. The van der Waals surface area contributed by atoms with Crippen LogP contribution in [0.15, 0.2) is 72.9 Å². The molecule has 1 aliphatic carbocycles. The normalized spacial score (nSPS) is 13.5. The largest absolute Gasteiger partial charge is 0.349 e. The molecule has 6 heteroatoms.